The van der Waals surface area contributed by atoms with E-state index < -0.39 is 0 Å². The highest BCUT2D eigenvalue weighted by atomic mass is 16.5. The molecule has 4 heteroatoms. The van der Waals surface area contributed by atoms with Crippen molar-refractivity contribution in [1.29, 1.82) is 0 Å². The van der Waals surface area contributed by atoms with Crippen LogP contribution < -0.4 is 15.8 Å². The van der Waals surface area contributed by atoms with Crippen LogP contribution in [0.15, 0.2) is 42.7 Å². The van der Waals surface area contributed by atoms with Gasteiger partial charge in [0.2, 0.25) is 0 Å². The van der Waals surface area contributed by atoms with E-state index in [-0.39, 0.29) is 0 Å². The maximum atomic E-state index is 5.75. The summed E-state index contributed by atoms with van der Waals surface area (Å²) in [6.45, 7) is 1.79. The third kappa shape index (κ3) is 2.93. The quantitative estimate of drug-likeness (QED) is 0.775. The third-order valence-corrected chi connectivity index (χ3v) is 2.60. The van der Waals surface area contributed by atoms with Gasteiger partial charge in [-0.2, -0.15) is 0 Å². The number of rotatable bonds is 5. The summed E-state index contributed by atoms with van der Waals surface area (Å²) in [5.74, 6) is 0.705. The molecule has 0 unspecified atom stereocenters. The normalized spacial score (nSPS) is 10.2. The van der Waals surface area contributed by atoms with E-state index in [9.17, 15) is 0 Å². The smallest absolute Gasteiger partial charge is 0.143 e. The summed E-state index contributed by atoms with van der Waals surface area (Å²) in [5, 5.41) is 3.33. The van der Waals surface area contributed by atoms with Gasteiger partial charge in [-0.25, -0.2) is 0 Å². The SMILES string of the molecule is COc1cc(NCCn2cccc2)ccc1N. The second-order valence-corrected chi connectivity index (χ2v) is 3.80. The van der Waals surface area contributed by atoms with E-state index in [0.717, 1.165) is 18.8 Å². The number of methoxy groups -OCH3 is 1. The van der Waals surface area contributed by atoms with Gasteiger partial charge >= 0.3 is 0 Å². The molecule has 2 aromatic rings. The van der Waals surface area contributed by atoms with Crippen LogP contribution in [0, 0.1) is 0 Å². The maximum absolute atomic E-state index is 5.75. The molecule has 0 atom stereocenters. The van der Waals surface area contributed by atoms with Crippen molar-refractivity contribution in [3.05, 3.63) is 42.7 Å². The van der Waals surface area contributed by atoms with Crippen LogP contribution in [0.25, 0.3) is 0 Å². The molecule has 0 aliphatic heterocycles. The molecule has 0 aliphatic rings. The van der Waals surface area contributed by atoms with Crippen LogP contribution in [0.4, 0.5) is 11.4 Å². The lowest BCUT2D eigenvalue weighted by atomic mass is 10.2. The highest BCUT2D eigenvalue weighted by molar-refractivity contribution is 5.61. The van der Waals surface area contributed by atoms with Crippen molar-refractivity contribution in [2.24, 2.45) is 0 Å². The molecule has 0 saturated heterocycles. The van der Waals surface area contributed by atoms with Crippen LogP contribution >= 0.6 is 0 Å². The van der Waals surface area contributed by atoms with E-state index in [1.165, 1.54) is 0 Å². The van der Waals surface area contributed by atoms with E-state index in [0.29, 0.717) is 11.4 Å². The third-order valence-electron chi connectivity index (χ3n) is 2.60. The monoisotopic (exact) mass is 231 g/mol. The number of nitrogens with one attached hydrogen (secondary N) is 1. The van der Waals surface area contributed by atoms with Gasteiger partial charge in [-0.15, -0.1) is 0 Å². The molecule has 0 radical (unpaired) electrons. The number of benzene rings is 1. The van der Waals surface area contributed by atoms with Gasteiger partial charge in [-0.05, 0) is 24.3 Å². The zero-order valence-electron chi connectivity index (χ0n) is 9.89. The van der Waals surface area contributed by atoms with Crippen molar-refractivity contribution < 1.29 is 4.74 Å². The highest BCUT2D eigenvalue weighted by Gasteiger charge is 2.00. The maximum Gasteiger partial charge on any atom is 0.143 e. The van der Waals surface area contributed by atoms with Crippen molar-refractivity contribution in [2.45, 2.75) is 6.54 Å². The Hall–Kier alpha value is -2.10. The molecule has 0 aliphatic carbocycles. The minimum Gasteiger partial charge on any atom is -0.495 e. The lowest BCUT2D eigenvalue weighted by Gasteiger charge is -2.10. The van der Waals surface area contributed by atoms with Crippen molar-refractivity contribution in [2.75, 3.05) is 24.7 Å². The second-order valence-electron chi connectivity index (χ2n) is 3.80. The predicted octanol–water partition coefficient (Wildman–Crippen LogP) is 2.19. The first-order valence-corrected chi connectivity index (χ1v) is 5.58. The van der Waals surface area contributed by atoms with Crippen molar-refractivity contribution >= 4 is 11.4 Å². The first-order chi connectivity index (χ1) is 8.29. The van der Waals surface area contributed by atoms with Gasteiger partial charge in [-0.1, -0.05) is 0 Å². The molecule has 0 saturated carbocycles. The number of nitrogens with two attached hydrogens (primary N) is 1. The molecule has 1 aromatic heterocycles. The molecule has 0 fully saturated rings. The Kier molecular flexibility index (Phi) is 3.55. The van der Waals surface area contributed by atoms with Crippen LogP contribution in [0.5, 0.6) is 5.75 Å². The number of anilines is 2. The molecule has 17 heavy (non-hydrogen) atoms. The van der Waals surface area contributed by atoms with Gasteiger partial charge in [-0.3, -0.25) is 0 Å². The van der Waals surface area contributed by atoms with E-state index >= 15 is 0 Å². The van der Waals surface area contributed by atoms with Crippen LogP contribution in [0.1, 0.15) is 0 Å². The Morgan fingerprint density at radius 3 is 2.76 bits per heavy atom. The minimum absolute atomic E-state index is 0.656. The Morgan fingerprint density at radius 1 is 1.29 bits per heavy atom. The van der Waals surface area contributed by atoms with Crippen molar-refractivity contribution in [3.63, 3.8) is 0 Å². The van der Waals surface area contributed by atoms with Crippen LogP contribution in [0.3, 0.4) is 0 Å². The van der Waals surface area contributed by atoms with Crippen molar-refractivity contribution in [3.8, 4) is 5.75 Å². The molecule has 1 aromatic carbocycles. The lowest BCUT2D eigenvalue weighted by molar-refractivity contribution is 0.417. The molecule has 4 nitrogen and oxygen atoms in total. The fraction of sp³-hybridized carbons (Fsp3) is 0.231. The van der Waals surface area contributed by atoms with Crippen LogP contribution in [0.2, 0.25) is 0 Å². The average molecular weight is 231 g/mol. The summed E-state index contributed by atoms with van der Waals surface area (Å²) in [7, 11) is 1.62. The molecule has 2 rings (SSSR count). The number of nitrogen functional groups attached to an aromatic ring is 1. The van der Waals surface area contributed by atoms with Gasteiger partial charge in [0.15, 0.2) is 0 Å². The van der Waals surface area contributed by atoms with E-state index in [4.69, 9.17) is 10.5 Å². The second kappa shape index (κ2) is 5.30. The summed E-state index contributed by atoms with van der Waals surface area (Å²) >= 11 is 0. The fourth-order valence-corrected chi connectivity index (χ4v) is 1.67. The topological polar surface area (TPSA) is 52.2 Å². The molecule has 3 N–H and O–H groups in total. The summed E-state index contributed by atoms with van der Waals surface area (Å²) in [6.07, 6.45) is 4.09. The van der Waals surface area contributed by atoms with Gasteiger partial charge < -0.3 is 20.4 Å². The number of ether oxygens (including phenoxy) is 1. The van der Waals surface area contributed by atoms with Gasteiger partial charge in [0.25, 0.3) is 0 Å². The summed E-state index contributed by atoms with van der Waals surface area (Å²) in [5.41, 5.74) is 7.42. The number of hydrogen-bond donors (Lipinski definition) is 2. The zero-order valence-corrected chi connectivity index (χ0v) is 9.89. The van der Waals surface area contributed by atoms with Gasteiger partial charge in [0.1, 0.15) is 5.75 Å². The van der Waals surface area contributed by atoms with Gasteiger partial charge in [0.05, 0.1) is 12.8 Å². The molecule has 90 valence electrons. The molecular weight excluding hydrogens is 214 g/mol. The van der Waals surface area contributed by atoms with Gasteiger partial charge in [0, 0.05) is 37.2 Å². The van der Waals surface area contributed by atoms with Crippen molar-refractivity contribution in [1.82, 2.24) is 4.57 Å². The molecule has 1 heterocycles. The summed E-state index contributed by atoms with van der Waals surface area (Å²) in [4.78, 5) is 0. The van der Waals surface area contributed by atoms with E-state index in [2.05, 4.69) is 9.88 Å². The molecular formula is C13H17N3O. The minimum atomic E-state index is 0.656. The Balaban J connectivity index is 1.90. The number of hydrogen-bond acceptors (Lipinski definition) is 3. The number of nitrogens with zero attached hydrogens (tertiary/aromatic N) is 1. The standard InChI is InChI=1S/C13H17N3O/c1-17-13-10-11(4-5-12(13)14)15-6-9-16-7-2-3-8-16/h2-5,7-8,10,15H,6,9,14H2,1H3. The fourth-order valence-electron chi connectivity index (χ4n) is 1.67. The Bertz CT molecular complexity index is 466. The molecule has 0 bridgehead atoms. The molecule has 0 amide bonds. The summed E-state index contributed by atoms with van der Waals surface area (Å²) in [6, 6.07) is 9.74. The Labute approximate surface area is 101 Å². The van der Waals surface area contributed by atoms with Crippen LogP contribution in [-0.2, 0) is 6.54 Å². The zero-order chi connectivity index (χ0) is 12.1. The summed E-state index contributed by atoms with van der Waals surface area (Å²) < 4.78 is 7.29. The predicted molar refractivity (Wildman–Crippen MR) is 70.3 cm³/mol. The van der Waals surface area contributed by atoms with E-state index in [1.54, 1.807) is 7.11 Å². The largest absolute Gasteiger partial charge is 0.495 e. The van der Waals surface area contributed by atoms with Crippen LogP contribution in [-0.4, -0.2) is 18.2 Å². The first kappa shape index (κ1) is 11.4. The Morgan fingerprint density at radius 2 is 2.06 bits per heavy atom. The highest BCUT2D eigenvalue weighted by Crippen LogP contribution is 2.24. The average Bonchev–Trinajstić information content (AvgIpc) is 2.84. The number of aromatic nitrogens is 1. The van der Waals surface area contributed by atoms with E-state index in [1.807, 2.05) is 42.7 Å². The lowest BCUT2D eigenvalue weighted by Crippen LogP contribution is -2.09. The first-order valence-electron chi connectivity index (χ1n) is 5.58. The molecule has 0 spiro atoms.